The molecule has 2 aromatic rings. The zero-order chi connectivity index (χ0) is 21.0. The smallest absolute Gasteiger partial charge is 0.233 e. The Kier molecular flexibility index (Phi) is 7.63. The van der Waals surface area contributed by atoms with E-state index in [1.165, 1.54) is 34.2 Å². The van der Waals surface area contributed by atoms with Crippen LogP contribution in [0.4, 0.5) is 0 Å². The van der Waals surface area contributed by atoms with Gasteiger partial charge in [-0.05, 0) is 23.5 Å². The van der Waals surface area contributed by atoms with E-state index in [-0.39, 0.29) is 29.2 Å². The predicted molar refractivity (Wildman–Crippen MR) is 121 cm³/mol. The van der Waals surface area contributed by atoms with Crippen LogP contribution in [0.25, 0.3) is 0 Å². The van der Waals surface area contributed by atoms with Gasteiger partial charge in [0.15, 0.2) is 18.5 Å². The van der Waals surface area contributed by atoms with Crippen molar-refractivity contribution in [3.8, 4) is 0 Å². The minimum atomic E-state index is -3.00. The number of amides is 1. The first-order chi connectivity index (χ1) is 13.7. The summed E-state index contributed by atoms with van der Waals surface area (Å²) < 4.78 is 24.8. The molecule has 1 aliphatic rings. The highest BCUT2D eigenvalue weighted by atomic mass is 32.2. The number of thioether (sulfide) groups is 2. The molecule has 2 heterocycles. The van der Waals surface area contributed by atoms with Gasteiger partial charge in [-0.3, -0.25) is 4.79 Å². The van der Waals surface area contributed by atoms with E-state index in [1.54, 1.807) is 23.7 Å². The summed E-state index contributed by atoms with van der Waals surface area (Å²) >= 11 is 4.48. The fourth-order valence-electron chi connectivity index (χ4n) is 2.97. The van der Waals surface area contributed by atoms with Crippen molar-refractivity contribution in [2.75, 3.05) is 24.3 Å². The molecule has 1 saturated heterocycles. The van der Waals surface area contributed by atoms with E-state index in [2.05, 4.69) is 48.3 Å². The van der Waals surface area contributed by atoms with Crippen molar-refractivity contribution >= 4 is 50.6 Å². The summed E-state index contributed by atoms with van der Waals surface area (Å²) in [7, 11) is -1.32. The molecule has 0 N–H and O–H groups in total. The lowest BCUT2D eigenvalue weighted by Crippen LogP contribution is -2.38. The zero-order valence-electron chi connectivity index (χ0n) is 16.7. The van der Waals surface area contributed by atoms with E-state index in [4.69, 9.17) is 0 Å². The molecule has 0 saturated carbocycles. The SMILES string of the molecule is CC(C)c1ccc(CSc2nnc(SCC(=O)N(C)C3CCS(=O)(=O)C3)s2)cc1. The van der Waals surface area contributed by atoms with E-state index in [0.29, 0.717) is 12.3 Å². The maximum atomic E-state index is 12.4. The molecule has 0 spiro atoms. The molecule has 1 aliphatic heterocycles. The van der Waals surface area contributed by atoms with Gasteiger partial charge < -0.3 is 4.90 Å². The molecule has 29 heavy (non-hydrogen) atoms. The molecule has 10 heteroatoms. The Hall–Kier alpha value is -1.10. The zero-order valence-corrected chi connectivity index (χ0v) is 20.0. The molecule has 0 bridgehead atoms. The Labute approximate surface area is 184 Å². The lowest BCUT2D eigenvalue weighted by molar-refractivity contribution is -0.128. The van der Waals surface area contributed by atoms with Crippen LogP contribution < -0.4 is 0 Å². The van der Waals surface area contributed by atoms with E-state index in [0.717, 1.165) is 14.4 Å². The Morgan fingerprint density at radius 1 is 1.21 bits per heavy atom. The summed E-state index contributed by atoms with van der Waals surface area (Å²) in [6, 6.07) is 8.42. The van der Waals surface area contributed by atoms with E-state index in [1.807, 2.05) is 0 Å². The average molecular weight is 472 g/mol. The fraction of sp³-hybridized carbons (Fsp3) is 0.526. The first-order valence-corrected chi connectivity index (χ1v) is 14.0. The van der Waals surface area contributed by atoms with Gasteiger partial charge in [-0.15, -0.1) is 10.2 Å². The van der Waals surface area contributed by atoms with Crippen molar-refractivity contribution in [2.24, 2.45) is 0 Å². The third-order valence-electron chi connectivity index (χ3n) is 4.87. The molecule has 1 unspecified atom stereocenters. The third-order valence-corrected chi connectivity index (χ3v) is 9.86. The Bertz CT molecular complexity index is 942. The van der Waals surface area contributed by atoms with Crippen LogP contribution in [-0.2, 0) is 20.4 Å². The molecule has 0 radical (unpaired) electrons. The van der Waals surface area contributed by atoms with Gasteiger partial charge in [0.2, 0.25) is 5.91 Å². The van der Waals surface area contributed by atoms with Crippen molar-refractivity contribution in [2.45, 2.75) is 46.7 Å². The summed E-state index contributed by atoms with van der Waals surface area (Å²) in [4.78, 5) is 13.9. The van der Waals surface area contributed by atoms with Gasteiger partial charge >= 0.3 is 0 Å². The molecular formula is C19H25N3O3S4. The fourth-order valence-corrected chi connectivity index (χ4v) is 7.64. The first-order valence-electron chi connectivity index (χ1n) is 9.37. The van der Waals surface area contributed by atoms with Crippen LogP contribution in [0.2, 0.25) is 0 Å². The number of rotatable bonds is 8. The lowest BCUT2D eigenvalue weighted by atomic mass is 10.0. The first kappa shape index (κ1) is 22.6. The topological polar surface area (TPSA) is 80.2 Å². The van der Waals surface area contributed by atoms with Crippen molar-refractivity contribution < 1.29 is 13.2 Å². The Balaban J connectivity index is 1.45. The van der Waals surface area contributed by atoms with Gasteiger partial charge in [0.05, 0.1) is 17.3 Å². The third kappa shape index (κ3) is 6.44. The highest BCUT2D eigenvalue weighted by molar-refractivity contribution is 8.03. The lowest BCUT2D eigenvalue weighted by Gasteiger charge is -2.22. The van der Waals surface area contributed by atoms with Crippen molar-refractivity contribution in [1.29, 1.82) is 0 Å². The van der Waals surface area contributed by atoms with E-state index >= 15 is 0 Å². The maximum absolute atomic E-state index is 12.4. The minimum Gasteiger partial charge on any atom is -0.341 e. The predicted octanol–water partition coefficient (Wildman–Crippen LogP) is 3.69. The molecular weight excluding hydrogens is 446 g/mol. The average Bonchev–Trinajstić information content (AvgIpc) is 3.30. The van der Waals surface area contributed by atoms with Crippen LogP contribution in [0.15, 0.2) is 32.9 Å². The number of hydrogen-bond donors (Lipinski definition) is 0. The second kappa shape index (κ2) is 9.80. The van der Waals surface area contributed by atoms with Gasteiger partial charge in [0.25, 0.3) is 0 Å². The quantitative estimate of drug-likeness (QED) is 0.543. The molecule has 1 atom stereocenters. The second-order valence-electron chi connectivity index (χ2n) is 7.37. The van der Waals surface area contributed by atoms with Crippen LogP contribution >= 0.6 is 34.9 Å². The molecule has 158 valence electrons. The van der Waals surface area contributed by atoms with Crippen molar-refractivity contribution in [1.82, 2.24) is 15.1 Å². The summed E-state index contributed by atoms with van der Waals surface area (Å²) in [6.07, 6.45) is 0.521. The highest BCUT2D eigenvalue weighted by Crippen LogP contribution is 2.31. The normalized spacial score (nSPS) is 18.3. The number of hydrogen-bond acceptors (Lipinski definition) is 8. The number of carbonyl (C=O) groups is 1. The van der Waals surface area contributed by atoms with Crippen LogP contribution in [0.3, 0.4) is 0 Å². The largest absolute Gasteiger partial charge is 0.341 e. The summed E-state index contributed by atoms with van der Waals surface area (Å²) in [5, 5.41) is 8.36. The maximum Gasteiger partial charge on any atom is 0.233 e. The molecule has 1 aromatic heterocycles. The minimum absolute atomic E-state index is 0.0671. The Morgan fingerprint density at radius 2 is 1.86 bits per heavy atom. The van der Waals surface area contributed by atoms with Crippen LogP contribution in [0, 0.1) is 0 Å². The number of nitrogens with zero attached hydrogens (tertiary/aromatic N) is 3. The number of aromatic nitrogens is 2. The number of carbonyl (C=O) groups excluding carboxylic acids is 1. The number of sulfone groups is 1. The van der Waals surface area contributed by atoms with E-state index in [9.17, 15) is 13.2 Å². The molecule has 1 amide bonds. The van der Waals surface area contributed by atoms with Gasteiger partial charge in [-0.2, -0.15) is 0 Å². The molecule has 3 rings (SSSR count). The summed E-state index contributed by atoms with van der Waals surface area (Å²) in [5.74, 6) is 1.75. The summed E-state index contributed by atoms with van der Waals surface area (Å²) in [6.45, 7) is 4.37. The number of benzene rings is 1. The van der Waals surface area contributed by atoms with Gasteiger partial charge in [-0.25, -0.2) is 8.42 Å². The molecule has 6 nitrogen and oxygen atoms in total. The van der Waals surface area contributed by atoms with Gasteiger partial charge in [0, 0.05) is 18.8 Å². The molecule has 0 aliphatic carbocycles. The standard InChI is InChI=1S/C19H25N3O3S4/c1-13(2)15-6-4-14(5-7-15)10-26-18-20-21-19(28-18)27-11-17(23)22(3)16-8-9-29(24,25)12-16/h4-7,13,16H,8-12H2,1-3H3. The summed E-state index contributed by atoms with van der Waals surface area (Å²) in [5.41, 5.74) is 2.57. The Morgan fingerprint density at radius 3 is 2.45 bits per heavy atom. The van der Waals surface area contributed by atoms with Gasteiger partial charge in [-0.1, -0.05) is 73.0 Å². The van der Waals surface area contributed by atoms with E-state index < -0.39 is 9.84 Å². The molecule has 1 aromatic carbocycles. The van der Waals surface area contributed by atoms with Crippen molar-refractivity contribution in [3.05, 3.63) is 35.4 Å². The van der Waals surface area contributed by atoms with Gasteiger partial charge in [0.1, 0.15) is 0 Å². The van der Waals surface area contributed by atoms with Crippen LogP contribution in [-0.4, -0.2) is 59.8 Å². The van der Waals surface area contributed by atoms with Crippen LogP contribution in [0.5, 0.6) is 0 Å². The monoisotopic (exact) mass is 471 g/mol. The van der Waals surface area contributed by atoms with Crippen LogP contribution in [0.1, 0.15) is 37.3 Å². The second-order valence-corrected chi connectivity index (χ2v) is 13.0. The van der Waals surface area contributed by atoms with Crippen molar-refractivity contribution in [3.63, 3.8) is 0 Å². The highest BCUT2D eigenvalue weighted by Gasteiger charge is 2.32. The molecule has 1 fully saturated rings.